The molecule has 0 atom stereocenters. The molecule has 1 fully saturated rings. The van der Waals surface area contributed by atoms with E-state index in [1.165, 1.54) is 12.1 Å². The molecule has 3 N–H and O–H groups in total. The van der Waals surface area contributed by atoms with Gasteiger partial charge in [0.2, 0.25) is 5.91 Å². The van der Waals surface area contributed by atoms with E-state index < -0.39 is 23.6 Å². The number of fused-ring (bicyclic) bond motifs is 2. The van der Waals surface area contributed by atoms with Crippen LogP contribution >= 0.6 is 0 Å². The minimum atomic E-state index is -4.81. The molecular weight excluding hydrogens is 549 g/mol. The summed E-state index contributed by atoms with van der Waals surface area (Å²) in [5.41, 5.74) is 2.35. The average molecular weight is 583 g/mol. The van der Waals surface area contributed by atoms with Crippen molar-refractivity contribution in [1.82, 2.24) is 4.90 Å². The van der Waals surface area contributed by atoms with Gasteiger partial charge in [-0.1, -0.05) is 45.0 Å². The number of anilines is 4. The van der Waals surface area contributed by atoms with Gasteiger partial charge in [0.1, 0.15) is 11.5 Å². The number of nitrogens with one attached hydrogen (secondary N) is 2. The van der Waals surface area contributed by atoms with Crippen LogP contribution in [0.5, 0.6) is 11.5 Å². The molecule has 2 heterocycles. The SMILES string of the molecule is CC(C)(C)C(=O)N1CCC2(CC1)CN(c1ccccc1NC(=O)Nc1ccc(OC(F)(F)F)cc1)c1c(O)cccc12. The average Bonchev–Trinajstić information content (AvgIpc) is 3.23. The number of piperidine rings is 1. The summed E-state index contributed by atoms with van der Waals surface area (Å²) in [5.74, 6) is -0.154. The summed E-state index contributed by atoms with van der Waals surface area (Å²) in [4.78, 5) is 29.8. The fourth-order valence-electron chi connectivity index (χ4n) is 5.79. The van der Waals surface area contributed by atoms with Crippen LogP contribution < -0.4 is 20.3 Å². The van der Waals surface area contributed by atoms with Gasteiger partial charge in [-0.25, -0.2) is 4.79 Å². The number of nitrogens with zero attached hydrogens (tertiary/aromatic N) is 2. The molecule has 222 valence electrons. The monoisotopic (exact) mass is 582 g/mol. The highest BCUT2D eigenvalue weighted by Gasteiger charge is 2.47. The number of hydrogen-bond donors (Lipinski definition) is 3. The van der Waals surface area contributed by atoms with Gasteiger partial charge in [0.05, 0.1) is 17.1 Å². The first kappa shape index (κ1) is 29.1. The predicted octanol–water partition coefficient (Wildman–Crippen LogP) is 6.99. The number of rotatable bonds is 4. The van der Waals surface area contributed by atoms with Crippen molar-refractivity contribution in [3.8, 4) is 11.5 Å². The van der Waals surface area contributed by atoms with E-state index in [9.17, 15) is 27.9 Å². The molecule has 0 radical (unpaired) electrons. The summed E-state index contributed by atoms with van der Waals surface area (Å²) in [5, 5.41) is 16.5. The number of phenolic OH excluding ortho intramolecular Hbond substituents is 1. The van der Waals surface area contributed by atoms with E-state index in [0.29, 0.717) is 36.7 Å². The highest BCUT2D eigenvalue weighted by molar-refractivity contribution is 6.02. The summed E-state index contributed by atoms with van der Waals surface area (Å²) in [6.45, 7) is 7.52. The zero-order chi connectivity index (χ0) is 30.3. The summed E-state index contributed by atoms with van der Waals surface area (Å²) >= 11 is 0. The Labute approximate surface area is 242 Å². The second-order valence-corrected chi connectivity index (χ2v) is 11.8. The number of phenols is 1. The van der Waals surface area contributed by atoms with Crippen molar-refractivity contribution in [2.24, 2.45) is 5.41 Å². The molecule has 1 spiro atoms. The number of amides is 3. The van der Waals surface area contributed by atoms with Crippen LogP contribution in [0.4, 0.5) is 40.7 Å². The highest BCUT2D eigenvalue weighted by atomic mass is 19.4. The fourth-order valence-corrected chi connectivity index (χ4v) is 5.79. The smallest absolute Gasteiger partial charge is 0.506 e. The maximum absolute atomic E-state index is 12.9. The lowest BCUT2D eigenvalue weighted by Gasteiger charge is -2.42. The van der Waals surface area contributed by atoms with Crippen LogP contribution in [-0.4, -0.2) is 47.9 Å². The van der Waals surface area contributed by atoms with Crippen molar-refractivity contribution in [3.63, 3.8) is 0 Å². The predicted molar refractivity (Wildman–Crippen MR) is 154 cm³/mol. The Hall–Kier alpha value is -4.41. The van der Waals surface area contributed by atoms with Crippen molar-refractivity contribution in [2.45, 2.75) is 45.4 Å². The summed E-state index contributed by atoms with van der Waals surface area (Å²) in [6.07, 6.45) is -3.35. The number of para-hydroxylation sites is 3. The Morgan fingerprint density at radius 2 is 1.57 bits per heavy atom. The maximum Gasteiger partial charge on any atom is 0.573 e. The molecule has 5 rings (SSSR count). The standard InChI is InChI=1S/C31H33F3N4O4/c1-29(2,3)27(40)37-17-15-30(16-18-37)19-38(26-22(30)7-6-10-25(26)39)24-9-5-4-8-23(24)36-28(41)35-20-11-13-21(14-12-20)42-31(32,33)34/h4-14,39H,15-19H2,1-3H3,(H2,35,36,41). The van der Waals surface area contributed by atoms with Gasteiger partial charge in [-0.3, -0.25) is 4.79 Å². The topological polar surface area (TPSA) is 94.1 Å². The Morgan fingerprint density at radius 1 is 0.905 bits per heavy atom. The lowest BCUT2D eigenvalue weighted by atomic mass is 9.74. The molecule has 8 nitrogen and oxygen atoms in total. The van der Waals surface area contributed by atoms with Gasteiger partial charge in [0, 0.05) is 36.2 Å². The number of aromatic hydroxyl groups is 1. The second-order valence-electron chi connectivity index (χ2n) is 11.8. The molecule has 0 saturated carbocycles. The third kappa shape index (κ3) is 5.95. The van der Waals surface area contributed by atoms with Gasteiger partial charge in [-0.05, 0) is 60.9 Å². The van der Waals surface area contributed by atoms with Crippen LogP contribution in [0.15, 0.2) is 66.7 Å². The molecule has 3 aromatic rings. The van der Waals surface area contributed by atoms with Crippen LogP contribution in [-0.2, 0) is 10.2 Å². The molecule has 0 aliphatic carbocycles. The van der Waals surface area contributed by atoms with Gasteiger partial charge < -0.3 is 30.3 Å². The van der Waals surface area contributed by atoms with Gasteiger partial charge in [0.25, 0.3) is 0 Å². The van der Waals surface area contributed by atoms with Gasteiger partial charge in [-0.2, -0.15) is 0 Å². The molecule has 2 aliphatic rings. The minimum Gasteiger partial charge on any atom is -0.506 e. The number of likely N-dealkylation sites (tertiary alicyclic amines) is 1. The van der Waals surface area contributed by atoms with Crippen LogP contribution in [0.1, 0.15) is 39.2 Å². The Balaban J connectivity index is 1.36. The van der Waals surface area contributed by atoms with E-state index >= 15 is 0 Å². The number of carbonyl (C=O) groups is 2. The Kier molecular flexibility index (Phi) is 7.46. The van der Waals surface area contributed by atoms with E-state index in [4.69, 9.17) is 0 Å². The molecule has 42 heavy (non-hydrogen) atoms. The van der Waals surface area contributed by atoms with E-state index in [1.807, 2.05) is 54.8 Å². The number of urea groups is 1. The maximum atomic E-state index is 12.9. The van der Waals surface area contributed by atoms with Crippen molar-refractivity contribution in [2.75, 3.05) is 35.2 Å². The first-order valence-corrected chi connectivity index (χ1v) is 13.7. The largest absolute Gasteiger partial charge is 0.573 e. The third-order valence-corrected chi connectivity index (χ3v) is 7.75. The lowest BCUT2D eigenvalue weighted by Crippen LogP contribution is -2.49. The van der Waals surface area contributed by atoms with E-state index in [0.717, 1.165) is 30.5 Å². The van der Waals surface area contributed by atoms with E-state index in [1.54, 1.807) is 18.2 Å². The summed E-state index contributed by atoms with van der Waals surface area (Å²) in [6, 6.07) is 16.9. The number of halogens is 3. The van der Waals surface area contributed by atoms with Crippen molar-refractivity contribution in [1.29, 1.82) is 0 Å². The molecule has 1 saturated heterocycles. The zero-order valence-electron chi connectivity index (χ0n) is 23.6. The van der Waals surface area contributed by atoms with Crippen LogP contribution in [0.25, 0.3) is 0 Å². The number of benzene rings is 3. The fraction of sp³-hybridized carbons (Fsp3) is 0.355. The van der Waals surface area contributed by atoms with Crippen molar-refractivity contribution >= 4 is 34.7 Å². The summed E-state index contributed by atoms with van der Waals surface area (Å²) < 4.78 is 41.2. The molecule has 2 aliphatic heterocycles. The number of carbonyl (C=O) groups excluding carboxylic acids is 2. The van der Waals surface area contributed by atoms with Gasteiger partial charge in [-0.15, -0.1) is 13.2 Å². The number of hydrogen-bond acceptors (Lipinski definition) is 5. The quantitative estimate of drug-likeness (QED) is 0.308. The number of ether oxygens (including phenoxy) is 1. The molecule has 0 aromatic heterocycles. The first-order chi connectivity index (χ1) is 19.8. The van der Waals surface area contributed by atoms with E-state index in [2.05, 4.69) is 15.4 Å². The molecular formula is C31H33F3N4O4. The molecule has 3 aromatic carbocycles. The molecule has 0 bridgehead atoms. The molecule has 3 amide bonds. The van der Waals surface area contributed by atoms with Gasteiger partial charge in [0.15, 0.2) is 0 Å². The molecule has 11 heteroatoms. The second kappa shape index (κ2) is 10.8. The first-order valence-electron chi connectivity index (χ1n) is 13.7. The van der Waals surface area contributed by atoms with E-state index in [-0.39, 0.29) is 22.8 Å². The third-order valence-electron chi connectivity index (χ3n) is 7.75. The minimum absolute atomic E-state index is 0.117. The van der Waals surface area contributed by atoms with Crippen LogP contribution in [0, 0.1) is 5.41 Å². The van der Waals surface area contributed by atoms with Crippen molar-refractivity contribution < 1.29 is 32.6 Å². The lowest BCUT2D eigenvalue weighted by molar-refractivity contribution is -0.274. The zero-order valence-corrected chi connectivity index (χ0v) is 23.6. The Bertz CT molecular complexity index is 1480. The highest BCUT2D eigenvalue weighted by Crippen LogP contribution is 2.54. The van der Waals surface area contributed by atoms with Gasteiger partial charge >= 0.3 is 12.4 Å². The summed E-state index contributed by atoms with van der Waals surface area (Å²) in [7, 11) is 0. The van der Waals surface area contributed by atoms with Crippen molar-refractivity contribution in [3.05, 3.63) is 72.3 Å². The molecule has 0 unspecified atom stereocenters. The normalized spacial score (nSPS) is 16.2. The Morgan fingerprint density at radius 3 is 2.21 bits per heavy atom. The van der Waals surface area contributed by atoms with Crippen LogP contribution in [0.2, 0.25) is 0 Å². The number of alkyl halides is 3. The van der Waals surface area contributed by atoms with Crippen LogP contribution in [0.3, 0.4) is 0 Å².